The first-order valence-electron chi connectivity index (χ1n) is 13.1. The van der Waals surface area contributed by atoms with Crippen LogP contribution in [0.2, 0.25) is 0 Å². The highest BCUT2D eigenvalue weighted by Gasteiger charge is 2.16. The van der Waals surface area contributed by atoms with Crippen LogP contribution in [0.15, 0.2) is 55.0 Å². The monoisotopic (exact) mass is 531 g/mol. The zero-order valence-electron chi connectivity index (χ0n) is 21.6. The van der Waals surface area contributed by atoms with Crippen molar-refractivity contribution in [3.8, 4) is 17.0 Å². The predicted octanol–water partition coefficient (Wildman–Crippen LogP) is 3.52. The average Bonchev–Trinajstić information content (AvgIpc) is 2.98. The van der Waals surface area contributed by atoms with Gasteiger partial charge in [0.15, 0.2) is 0 Å². The third-order valence-electron chi connectivity index (χ3n) is 6.81. The number of nitrogens with zero attached hydrogens (tertiary/aromatic N) is 6. The Morgan fingerprint density at radius 1 is 0.897 bits per heavy atom. The Labute approximate surface area is 225 Å². The molecule has 0 saturated carbocycles. The number of hydrogen-bond acceptors (Lipinski definition) is 10. The molecule has 0 unspecified atom stereocenters. The van der Waals surface area contributed by atoms with Crippen molar-refractivity contribution in [2.75, 3.05) is 76.0 Å². The number of morpholine rings is 2. The highest BCUT2D eigenvalue weighted by molar-refractivity contribution is 5.91. The first-order chi connectivity index (χ1) is 19.2. The maximum atomic E-state index is 15.3. The summed E-state index contributed by atoms with van der Waals surface area (Å²) in [7, 11) is 0. The van der Waals surface area contributed by atoms with Gasteiger partial charge in [0, 0.05) is 62.1 Å². The van der Waals surface area contributed by atoms with Crippen molar-refractivity contribution in [2.45, 2.75) is 0 Å². The van der Waals surface area contributed by atoms with Crippen LogP contribution < -0.4 is 15.0 Å². The van der Waals surface area contributed by atoms with E-state index in [4.69, 9.17) is 14.2 Å². The quantitative estimate of drug-likeness (QED) is 0.364. The fraction of sp³-hybridized carbons (Fsp3) is 0.357. The van der Waals surface area contributed by atoms with Crippen LogP contribution in [0.25, 0.3) is 22.2 Å². The molecule has 3 aromatic heterocycles. The van der Waals surface area contributed by atoms with Crippen LogP contribution in [0, 0.1) is 5.82 Å². The topological polar surface area (TPSA) is 97.8 Å². The minimum Gasteiger partial charge on any atom is -0.492 e. The van der Waals surface area contributed by atoms with Crippen molar-refractivity contribution < 1.29 is 18.6 Å². The van der Waals surface area contributed by atoms with E-state index in [0.29, 0.717) is 48.3 Å². The molecule has 10 nitrogen and oxygen atoms in total. The molecule has 6 rings (SSSR count). The number of hydrogen-bond donors (Lipinski definition) is 1. The first-order valence-corrected chi connectivity index (χ1v) is 13.1. The molecule has 2 saturated heterocycles. The highest BCUT2D eigenvalue weighted by Crippen LogP contribution is 2.30. The molecule has 1 aromatic carbocycles. The second kappa shape index (κ2) is 11.9. The van der Waals surface area contributed by atoms with E-state index in [1.165, 1.54) is 6.07 Å². The van der Waals surface area contributed by atoms with E-state index in [1.54, 1.807) is 30.7 Å². The lowest BCUT2D eigenvalue weighted by atomic mass is 10.1. The molecule has 0 bridgehead atoms. The fourth-order valence-corrected chi connectivity index (χ4v) is 4.68. The third-order valence-corrected chi connectivity index (χ3v) is 6.81. The smallest absolute Gasteiger partial charge is 0.227 e. The molecule has 202 valence electrons. The Hall–Kier alpha value is -3.93. The number of fused-ring (bicyclic) bond motifs is 1. The lowest BCUT2D eigenvalue weighted by molar-refractivity contribution is 0.0322. The molecule has 0 atom stereocenters. The van der Waals surface area contributed by atoms with Gasteiger partial charge in [0.2, 0.25) is 5.95 Å². The summed E-state index contributed by atoms with van der Waals surface area (Å²) in [4.78, 5) is 22.6. The van der Waals surface area contributed by atoms with E-state index in [0.717, 1.165) is 62.8 Å². The summed E-state index contributed by atoms with van der Waals surface area (Å²) in [5, 5.41) is 3.96. The van der Waals surface area contributed by atoms with E-state index in [1.807, 2.05) is 18.2 Å². The number of halogens is 1. The number of benzene rings is 1. The van der Waals surface area contributed by atoms with Crippen LogP contribution in [0.3, 0.4) is 0 Å². The SMILES string of the molecule is Fc1cc(OCCN2CCOCC2)ccc1-c1nccc2cnc(Nc3ccc(N4CCOCC4)nc3)nc12. The normalized spacial score (nSPS) is 16.4. The van der Waals surface area contributed by atoms with Crippen molar-refractivity contribution in [2.24, 2.45) is 0 Å². The summed E-state index contributed by atoms with van der Waals surface area (Å²) in [5.74, 6) is 1.34. The largest absolute Gasteiger partial charge is 0.492 e. The third kappa shape index (κ3) is 6.06. The Balaban J connectivity index is 1.17. The molecule has 1 N–H and O–H groups in total. The number of ether oxygens (including phenoxy) is 3. The van der Waals surface area contributed by atoms with Gasteiger partial charge in [-0.2, -0.15) is 0 Å². The lowest BCUT2D eigenvalue weighted by Gasteiger charge is -2.27. The van der Waals surface area contributed by atoms with Crippen molar-refractivity contribution in [1.82, 2.24) is 24.8 Å². The van der Waals surface area contributed by atoms with Crippen LogP contribution in [-0.2, 0) is 9.47 Å². The second-order valence-corrected chi connectivity index (χ2v) is 9.36. The van der Waals surface area contributed by atoms with Gasteiger partial charge in [0.25, 0.3) is 0 Å². The minimum absolute atomic E-state index is 0.349. The zero-order chi connectivity index (χ0) is 26.4. The van der Waals surface area contributed by atoms with Gasteiger partial charge < -0.3 is 24.4 Å². The summed E-state index contributed by atoms with van der Waals surface area (Å²) in [5.41, 5.74) is 2.09. The molecule has 2 fully saturated rings. The van der Waals surface area contributed by atoms with Crippen molar-refractivity contribution in [3.05, 3.63) is 60.8 Å². The maximum Gasteiger partial charge on any atom is 0.227 e. The van der Waals surface area contributed by atoms with Crippen molar-refractivity contribution >= 4 is 28.4 Å². The van der Waals surface area contributed by atoms with Crippen molar-refractivity contribution in [1.29, 1.82) is 0 Å². The summed E-state index contributed by atoms with van der Waals surface area (Å²) >= 11 is 0. The van der Waals surface area contributed by atoms with E-state index < -0.39 is 5.82 Å². The molecule has 0 spiro atoms. The first kappa shape index (κ1) is 25.4. The molecule has 0 amide bonds. The van der Waals surface area contributed by atoms with Crippen LogP contribution in [0.1, 0.15) is 0 Å². The van der Waals surface area contributed by atoms with Gasteiger partial charge in [-0.1, -0.05) is 0 Å². The van der Waals surface area contributed by atoms with E-state index in [2.05, 4.69) is 35.1 Å². The Bertz CT molecular complexity index is 1410. The highest BCUT2D eigenvalue weighted by atomic mass is 19.1. The molecule has 0 aliphatic carbocycles. The van der Waals surface area contributed by atoms with Crippen LogP contribution in [0.5, 0.6) is 5.75 Å². The number of aromatic nitrogens is 4. The predicted molar refractivity (Wildman–Crippen MR) is 146 cm³/mol. The molecule has 2 aliphatic rings. The number of pyridine rings is 2. The van der Waals surface area contributed by atoms with E-state index >= 15 is 4.39 Å². The van der Waals surface area contributed by atoms with Gasteiger partial charge in [0.05, 0.1) is 44.0 Å². The molecule has 2 aliphatic heterocycles. The Morgan fingerprint density at radius 2 is 1.72 bits per heavy atom. The van der Waals surface area contributed by atoms with Crippen LogP contribution in [-0.4, -0.2) is 90.6 Å². The summed E-state index contributed by atoms with van der Waals surface area (Å²) in [6, 6.07) is 10.6. The fourth-order valence-electron chi connectivity index (χ4n) is 4.68. The van der Waals surface area contributed by atoms with E-state index in [9.17, 15) is 0 Å². The summed E-state index contributed by atoms with van der Waals surface area (Å²) in [6.45, 7) is 7.55. The summed E-state index contributed by atoms with van der Waals surface area (Å²) in [6.07, 6.45) is 5.08. The lowest BCUT2D eigenvalue weighted by Crippen LogP contribution is -2.38. The molecule has 11 heteroatoms. The Kier molecular flexibility index (Phi) is 7.70. The molecule has 5 heterocycles. The minimum atomic E-state index is -0.421. The Morgan fingerprint density at radius 3 is 2.49 bits per heavy atom. The number of rotatable bonds is 8. The maximum absolute atomic E-state index is 15.3. The average molecular weight is 532 g/mol. The zero-order valence-corrected chi connectivity index (χ0v) is 21.6. The standard InChI is InChI=1S/C28H30FN7O3/c29-24-17-22(39-16-9-35-7-12-37-13-8-35)2-3-23(24)27-26-20(5-6-30-27)18-32-28(34-26)33-21-1-4-25(31-19-21)36-10-14-38-15-11-36/h1-6,17-19H,7-16H2,(H,32,33,34). The van der Waals surface area contributed by atoms with Gasteiger partial charge in [-0.05, 0) is 30.3 Å². The van der Waals surface area contributed by atoms with Crippen LogP contribution in [0.4, 0.5) is 21.8 Å². The molecular formula is C28H30FN7O3. The van der Waals surface area contributed by atoms with Gasteiger partial charge in [-0.15, -0.1) is 0 Å². The molecule has 0 radical (unpaired) electrons. The molecule has 4 aromatic rings. The van der Waals surface area contributed by atoms with Crippen LogP contribution >= 0.6 is 0 Å². The summed E-state index contributed by atoms with van der Waals surface area (Å²) < 4.78 is 31.8. The van der Waals surface area contributed by atoms with Gasteiger partial charge in [-0.3, -0.25) is 9.88 Å². The molecular weight excluding hydrogens is 501 g/mol. The van der Waals surface area contributed by atoms with Gasteiger partial charge in [0.1, 0.15) is 29.5 Å². The number of nitrogens with one attached hydrogen (secondary N) is 1. The van der Waals surface area contributed by atoms with Crippen molar-refractivity contribution in [3.63, 3.8) is 0 Å². The second-order valence-electron chi connectivity index (χ2n) is 9.36. The number of anilines is 3. The van der Waals surface area contributed by atoms with E-state index in [-0.39, 0.29) is 0 Å². The molecule has 39 heavy (non-hydrogen) atoms. The van der Waals surface area contributed by atoms with Gasteiger partial charge >= 0.3 is 0 Å². The van der Waals surface area contributed by atoms with Gasteiger partial charge in [-0.25, -0.2) is 19.3 Å².